The second-order valence-electron chi connectivity index (χ2n) is 5.37. The average molecular weight is 1050 g/mol. The molecule has 0 bridgehead atoms. The first-order valence-electron chi connectivity index (χ1n) is 7.79. The van der Waals surface area contributed by atoms with Gasteiger partial charge in [-0.15, -0.1) is 0 Å². The molecule has 160 valence electrons. The van der Waals surface area contributed by atoms with Crippen molar-refractivity contribution < 1.29 is 9.47 Å². The number of hydrogen-bond acceptors (Lipinski definition) is 2. The molecular weight excluding hydrogens is 1040 g/mol. The van der Waals surface area contributed by atoms with Crippen LogP contribution in [0.15, 0.2) is 44.7 Å². The zero-order chi connectivity index (χ0) is 22.3. The molecule has 0 heterocycles. The Morgan fingerprint density at radius 1 is 0.448 bits per heavy atom. The predicted octanol–water partition coefficient (Wildman–Crippen LogP) is 11.6. The van der Waals surface area contributed by atoms with Crippen molar-refractivity contribution >= 4 is 159 Å². The van der Waals surface area contributed by atoms with Crippen molar-refractivity contribution in [2.45, 2.75) is 19.6 Å². The first-order valence-corrected chi connectivity index (χ1v) is 15.7. The van der Waals surface area contributed by atoms with Gasteiger partial charge in [-0.2, -0.15) is 0 Å². The van der Waals surface area contributed by atoms with Gasteiger partial charge in [0, 0.05) is 69.1 Å². The van der Waals surface area contributed by atoms with Gasteiger partial charge in [0.1, 0.15) is 0 Å². The molecule has 2 aromatic rings. The van der Waals surface area contributed by atoms with E-state index in [0.717, 1.165) is 55.9 Å². The molecule has 0 aliphatic heterocycles. The largest absolute Gasteiger partial charge is 0.342 e. The zero-order valence-corrected chi connectivity index (χ0v) is 30.4. The lowest BCUT2D eigenvalue weighted by atomic mass is 9.96. The summed E-state index contributed by atoms with van der Waals surface area (Å²) in [5.74, 6) is -1.25. The van der Waals surface area contributed by atoms with E-state index in [9.17, 15) is 0 Å². The predicted molar refractivity (Wildman–Crippen MR) is 154 cm³/mol. The molecule has 2 rings (SSSR count). The number of halogens is 10. The fraction of sp³-hybridized carbons (Fsp3) is 0.294. The maximum Gasteiger partial charge on any atom is 0.226 e. The van der Waals surface area contributed by atoms with Crippen LogP contribution in [0.1, 0.15) is 25.0 Å². The van der Waals surface area contributed by atoms with E-state index < -0.39 is 5.79 Å². The van der Waals surface area contributed by atoms with E-state index >= 15 is 0 Å². The molecule has 0 atom stereocenters. The molecule has 0 N–H and O–H groups in total. The normalized spacial score (nSPS) is 12.0. The van der Waals surface area contributed by atoms with Crippen molar-refractivity contribution in [1.29, 1.82) is 0 Å². The van der Waals surface area contributed by atoms with Crippen LogP contribution in [0.5, 0.6) is 0 Å². The van der Waals surface area contributed by atoms with Gasteiger partial charge < -0.3 is 9.47 Å². The Morgan fingerprint density at radius 3 is 0.862 bits per heavy atom. The fourth-order valence-corrected chi connectivity index (χ4v) is 9.79. The highest BCUT2D eigenvalue weighted by Crippen LogP contribution is 2.56. The standard InChI is InChI=1S/C17H10Br10O2/c1-3-28-17(29-4-2,5-7(18)11(22)15(26)12(23)8(5)19)6-9(20)13(24)16(27)14(25)10(6)21/h3-4H2,1-2H3. The minimum Gasteiger partial charge on any atom is -0.342 e. The van der Waals surface area contributed by atoms with Gasteiger partial charge in [-0.25, -0.2) is 0 Å². The Balaban J connectivity index is 3.14. The van der Waals surface area contributed by atoms with E-state index in [-0.39, 0.29) is 0 Å². The molecule has 0 fully saturated rings. The molecule has 0 radical (unpaired) electrons. The van der Waals surface area contributed by atoms with Crippen LogP contribution < -0.4 is 0 Å². The molecule has 2 aromatic carbocycles. The highest BCUT2D eigenvalue weighted by molar-refractivity contribution is 9.16. The average Bonchev–Trinajstić information content (AvgIpc) is 2.68. The molecule has 0 aromatic heterocycles. The first kappa shape index (κ1) is 28.4. The van der Waals surface area contributed by atoms with Gasteiger partial charge >= 0.3 is 0 Å². The molecule has 0 unspecified atom stereocenters. The van der Waals surface area contributed by atoms with Gasteiger partial charge in [0.2, 0.25) is 5.79 Å². The van der Waals surface area contributed by atoms with E-state index in [1.165, 1.54) is 0 Å². The minimum absolute atomic E-state index is 0.411. The number of rotatable bonds is 6. The van der Waals surface area contributed by atoms with E-state index in [1.807, 2.05) is 13.8 Å². The smallest absolute Gasteiger partial charge is 0.226 e. The van der Waals surface area contributed by atoms with Gasteiger partial charge in [-0.3, -0.25) is 0 Å². The lowest BCUT2D eigenvalue weighted by molar-refractivity contribution is -0.214. The molecule has 0 amide bonds. The van der Waals surface area contributed by atoms with E-state index in [2.05, 4.69) is 159 Å². The molecule has 0 saturated carbocycles. The Morgan fingerprint density at radius 2 is 0.655 bits per heavy atom. The molecular formula is C17H10Br10O2. The summed E-state index contributed by atoms with van der Waals surface area (Å²) in [6.07, 6.45) is 0. The quantitative estimate of drug-likeness (QED) is 0.163. The molecule has 0 saturated heterocycles. The maximum atomic E-state index is 6.41. The Labute approximate surface area is 253 Å². The van der Waals surface area contributed by atoms with Crippen LogP contribution in [0.4, 0.5) is 0 Å². The third-order valence-electron chi connectivity index (χ3n) is 3.77. The number of ether oxygens (including phenoxy) is 2. The Bertz CT molecular complexity index is 825. The van der Waals surface area contributed by atoms with Gasteiger partial charge in [0.15, 0.2) is 0 Å². The lowest BCUT2D eigenvalue weighted by Crippen LogP contribution is -2.37. The summed E-state index contributed by atoms with van der Waals surface area (Å²) in [6.45, 7) is 4.69. The fourth-order valence-electron chi connectivity index (χ4n) is 2.65. The van der Waals surface area contributed by atoms with Crippen LogP contribution in [0.2, 0.25) is 0 Å². The van der Waals surface area contributed by atoms with Gasteiger partial charge in [0.25, 0.3) is 0 Å². The highest BCUT2D eigenvalue weighted by atomic mass is 79.9. The highest BCUT2D eigenvalue weighted by Gasteiger charge is 2.45. The molecule has 2 nitrogen and oxygen atoms in total. The molecule has 0 aliphatic carbocycles. The summed E-state index contributed by atoms with van der Waals surface area (Å²) in [5.41, 5.74) is 1.54. The van der Waals surface area contributed by atoms with E-state index in [0.29, 0.717) is 13.2 Å². The molecule has 12 heteroatoms. The monoisotopic (exact) mass is 1040 g/mol. The third-order valence-corrected chi connectivity index (χ3v) is 16.0. The van der Waals surface area contributed by atoms with Crippen LogP contribution in [-0.2, 0) is 15.3 Å². The lowest BCUT2D eigenvalue weighted by Gasteiger charge is -2.38. The van der Waals surface area contributed by atoms with Crippen LogP contribution >= 0.6 is 159 Å². The minimum atomic E-state index is -1.25. The SMILES string of the molecule is CCOC(OCC)(c1c(Br)c(Br)c(Br)c(Br)c1Br)c1c(Br)c(Br)c(Br)c(Br)c1Br. The van der Waals surface area contributed by atoms with Crippen molar-refractivity contribution in [3.05, 3.63) is 55.9 Å². The molecule has 0 aliphatic rings. The summed E-state index contributed by atoms with van der Waals surface area (Å²) in [7, 11) is 0. The van der Waals surface area contributed by atoms with Crippen LogP contribution in [0.3, 0.4) is 0 Å². The summed E-state index contributed by atoms with van der Waals surface area (Å²) in [4.78, 5) is 0. The summed E-state index contributed by atoms with van der Waals surface area (Å²) in [6, 6.07) is 0. The second-order valence-corrected chi connectivity index (χ2v) is 13.3. The first-order chi connectivity index (χ1) is 13.5. The molecule has 0 spiro atoms. The number of hydrogen-bond donors (Lipinski definition) is 0. The van der Waals surface area contributed by atoms with E-state index in [4.69, 9.17) is 9.47 Å². The van der Waals surface area contributed by atoms with E-state index in [1.54, 1.807) is 0 Å². The Kier molecular flexibility index (Phi) is 11.5. The zero-order valence-electron chi connectivity index (χ0n) is 14.5. The molecule has 29 heavy (non-hydrogen) atoms. The third kappa shape index (κ3) is 5.23. The van der Waals surface area contributed by atoms with Crippen LogP contribution in [-0.4, -0.2) is 13.2 Å². The summed E-state index contributed by atoms with van der Waals surface area (Å²) >= 11 is 36.8. The van der Waals surface area contributed by atoms with Gasteiger partial charge in [-0.1, -0.05) is 0 Å². The van der Waals surface area contributed by atoms with Crippen molar-refractivity contribution in [1.82, 2.24) is 0 Å². The Hall–Kier alpha value is 3.16. The summed E-state index contributed by atoms with van der Waals surface area (Å²) < 4.78 is 21.0. The number of benzene rings is 2. The van der Waals surface area contributed by atoms with Gasteiger partial charge in [0.05, 0.1) is 0 Å². The van der Waals surface area contributed by atoms with Crippen LogP contribution in [0, 0.1) is 0 Å². The second kappa shape index (κ2) is 11.7. The topological polar surface area (TPSA) is 18.5 Å². The summed E-state index contributed by atoms with van der Waals surface area (Å²) in [5, 5.41) is 0. The van der Waals surface area contributed by atoms with Crippen LogP contribution in [0.25, 0.3) is 0 Å². The van der Waals surface area contributed by atoms with Crippen molar-refractivity contribution in [2.75, 3.05) is 13.2 Å². The maximum absolute atomic E-state index is 6.41. The van der Waals surface area contributed by atoms with Gasteiger partial charge in [-0.05, 0) is 173 Å². The van der Waals surface area contributed by atoms with Crippen molar-refractivity contribution in [2.24, 2.45) is 0 Å². The van der Waals surface area contributed by atoms with Crippen molar-refractivity contribution in [3.63, 3.8) is 0 Å². The van der Waals surface area contributed by atoms with Crippen molar-refractivity contribution in [3.8, 4) is 0 Å².